The molecule has 4 rings (SSSR count). The number of ether oxygens (including phenoxy) is 1. The fourth-order valence-corrected chi connectivity index (χ4v) is 3.39. The van der Waals surface area contributed by atoms with Gasteiger partial charge in [0, 0.05) is 0 Å². The van der Waals surface area contributed by atoms with Crippen molar-refractivity contribution in [2.24, 2.45) is 0 Å². The predicted octanol–water partition coefficient (Wildman–Crippen LogP) is 4.03. The molecule has 2 aromatic carbocycles. The summed E-state index contributed by atoms with van der Waals surface area (Å²) in [7, 11) is 0. The van der Waals surface area contributed by atoms with Crippen LogP contribution in [0.3, 0.4) is 0 Å². The van der Waals surface area contributed by atoms with Gasteiger partial charge in [-0.25, -0.2) is 0 Å². The molecule has 106 valence electrons. The lowest BCUT2D eigenvalue weighted by molar-refractivity contribution is 0.0970. The summed E-state index contributed by atoms with van der Waals surface area (Å²) < 4.78 is 14.3. The Morgan fingerprint density at radius 3 is 3.05 bits per heavy atom. The van der Waals surface area contributed by atoms with Gasteiger partial charge < -0.3 is 10.1 Å². The number of halogens is 1. The second-order valence-electron chi connectivity index (χ2n) is 4.97. The maximum atomic E-state index is 6.34. The standard InChI is InChI=1S/C15H12ClN3OS/c16-11-5-6-12-15(19-21-18-12)14(11)17-13-8-20-7-9-3-1-2-4-10(9)13/h1-6,13,17H,7-8H2. The minimum absolute atomic E-state index is 0.0692. The minimum atomic E-state index is 0.0692. The van der Waals surface area contributed by atoms with Gasteiger partial charge in [-0.15, -0.1) is 0 Å². The van der Waals surface area contributed by atoms with Crippen LogP contribution in [0.15, 0.2) is 36.4 Å². The van der Waals surface area contributed by atoms with E-state index < -0.39 is 0 Å². The third-order valence-corrected chi connectivity index (χ3v) is 4.53. The van der Waals surface area contributed by atoms with Crippen LogP contribution in [0, 0.1) is 0 Å². The first kappa shape index (κ1) is 13.0. The van der Waals surface area contributed by atoms with Crippen LogP contribution in [0.4, 0.5) is 5.69 Å². The average molecular weight is 318 g/mol. The van der Waals surface area contributed by atoms with Gasteiger partial charge in [0.1, 0.15) is 11.0 Å². The average Bonchev–Trinajstić information content (AvgIpc) is 2.99. The summed E-state index contributed by atoms with van der Waals surface area (Å²) in [5.41, 5.74) is 4.96. The fourth-order valence-electron chi connectivity index (χ4n) is 2.64. The van der Waals surface area contributed by atoms with Crippen LogP contribution in [0.1, 0.15) is 17.2 Å². The van der Waals surface area contributed by atoms with Crippen molar-refractivity contribution in [3.05, 3.63) is 52.5 Å². The van der Waals surface area contributed by atoms with Crippen LogP contribution in [0.2, 0.25) is 5.02 Å². The number of nitrogens with one attached hydrogen (secondary N) is 1. The molecule has 1 aromatic heterocycles. The van der Waals surface area contributed by atoms with Crippen LogP contribution < -0.4 is 5.32 Å². The van der Waals surface area contributed by atoms with E-state index >= 15 is 0 Å². The Morgan fingerprint density at radius 2 is 2.10 bits per heavy atom. The van der Waals surface area contributed by atoms with E-state index in [1.54, 1.807) is 0 Å². The van der Waals surface area contributed by atoms with E-state index in [4.69, 9.17) is 16.3 Å². The zero-order valence-electron chi connectivity index (χ0n) is 11.0. The Hall–Kier alpha value is -1.69. The molecule has 1 aliphatic rings. The van der Waals surface area contributed by atoms with Crippen LogP contribution in [0.25, 0.3) is 11.0 Å². The molecule has 1 aliphatic heterocycles. The van der Waals surface area contributed by atoms with Crippen molar-refractivity contribution in [1.29, 1.82) is 0 Å². The number of aromatic nitrogens is 2. The van der Waals surface area contributed by atoms with E-state index in [9.17, 15) is 0 Å². The first-order valence-electron chi connectivity index (χ1n) is 6.66. The summed E-state index contributed by atoms with van der Waals surface area (Å²) in [5.74, 6) is 0. The van der Waals surface area contributed by atoms with E-state index in [0.29, 0.717) is 18.2 Å². The number of hydrogen-bond acceptors (Lipinski definition) is 5. The number of fused-ring (bicyclic) bond motifs is 2. The highest BCUT2D eigenvalue weighted by molar-refractivity contribution is 7.00. The van der Waals surface area contributed by atoms with Crippen molar-refractivity contribution in [3.8, 4) is 0 Å². The fraction of sp³-hybridized carbons (Fsp3) is 0.200. The molecule has 0 radical (unpaired) electrons. The molecule has 0 aliphatic carbocycles. The molecule has 0 saturated heterocycles. The SMILES string of the molecule is Clc1ccc2nsnc2c1NC1COCc2ccccc21. The molecule has 21 heavy (non-hydrogen) atoms. The first-order chi connectivity index (χ1) is 10.3. The lowest BCUT2D eigenvalue weighted by Crippen LogP contribution is -2.23. The number of anilines is 1. The smallest absolute Gasteiger partial charge is 0.129 e. The molecule has 1 atom stereocenters. The van der Waals surface area contributed by atoms with Gasteiger partial charge in [0.2, 0.25) is 0 Å². The van der Waals surface area contributed by atoms with Crippen LogP contribution in [0.5, 0.6) is 0 Å². The number of rotatable bonds is 2. The minimum Gasteiger partial charge on any atom is -0.374 e. The maximum absolute atomic E-state index is 6.34. The summed E-state index contributed by atoms with van der Waals surface area (Å²) in [6.07, 6.45) is 0. The van der Waals surface area contributed by atoms with Crippen molar-refractivity contribution in [2.45, 2.75) is 12.6 Å². The number of hydrogen-bond donors (Lipinski definition) is 1. The zero-order chi connectivity index (χ0) is 14.2. The van der Waals surface area contributed by atoms with E-state index in [1.165, 1.54) is 22.9 Å². The van der Waals surface area contributed by atoms with Crippen LogP contribution in [-0.4, -0.2) is 15.4 Å². The van der Waals surface area contributed by atoms with Crippen molar-refractivity contribution in [2.75, 3.05) is 11.9 Å². The molecule has 0 spiro atoms. The highest BCUT2D eigenvalue weighted by Crippen LogP contribution is 2.35. The molecule has 0 fully saturated rings. The summed E-state index contributed by atoms with van der Waals surface area (Å²) >= 11 is 7.53. The Labute approximate surface area is 131 Å². The quantitative estimate of drug-likeness (QED) is 0.775. The van der Waals surface area contributed by atoms with Crippen LogP contribution in [-0.2, 0) is 11.3 Å². The molecule has 1 N–H and O–H groups in total. The molecule has 4 nitrogen and oxygen atoms in total. The van der Waals surface area contributed by atoms with E-state index in [2.05, 4.69) is 26.2 Å². The van der Waals surface area contributed by atoms with Gasteiger partial charge in [-0.2, -0.15) is 8.75 Å². The van der Waals surface area contributed by atoms with Crippen molar-refractivity contribution in [3.63, 3.8) is 0 Å². The second kappa shape index (κ2) is 5.26. The zero-order valence-corrected chi connectivity index (χ0v) is 12.6. The van der Waals surface area contributed by atoms with E-state index in [-0.39, 0.29) is 6.04 Å². The normalized spacial score (nSPS) is 17.7. The first-order valence-corrected chi connectivity index (χ1v) is 7.76. The topological polar surface area (TPSA) is 47.0 Å². The Bertz CT molecular complexity index is 804. The van der Waals surface area contributed by atoms with Crippen molar-refractivity contribution < 1.29 is 4.74 Å². The lowest BCUT2D eigenvalue weighted by atomic mass is 9.99. The van der Waals surface area contributed by atoms with Gasteiger partial charge in [-0.3, -0.25) is 0 Å². The second-order valence-corrected chi connectivity index (χ2v) is 5.90. The molecule has 0 saturated carbocycles. The highest BCUT2D eigenvalue weighted by Gasteiger charge is 2.22. The van der Waals surface area contributed by atoms with Crippen LogP contribution >= 0.6 is 23.3 Å². The van der Waals surface area contributed by atoms with Crippen molar-refractivity contribution in [1.82, 2.24) is 8.75 Å². The van der Waals surface area contributed by atoms with Gasteiger partial charge in [-0.1, -0.05) is 35.9 Å². The molecule has 3 aromatic rings. The molecule has 1 unspecified atom stereocenters. The monoisotopic (exact) mass is 317 g/mol. The maximum Gasteiger partial charge on any atom is 0.129 e. The van der Waals surface area contributed by atoms with Crippen molar-refractivity contribution >= 4 is 40.0 Å². The highest BCUT2D eigenvalue weighted by atomic mass is 35.5. The Morgan fingerprint density at radius 1 is 1.19 bits per heavy atom. The number of nitrogens with zero attached hydrogens (tertiary/aromatic N) is 2. The summed E-state index contributed by atoms with van der Waals surface area (Å²) in [4.78, 5) is 0. The number of benzene rings is 2. The Kier molecular flexibility index (Phi) is 3.25. The third-order valence-electron chi connectivity index (χ3n) is 3.67. The van der Waals surface area contributed by atoms with Gasteiger partial charge in [0.15, 0.2) is 0 Å². The van der Waals surface area contributed by atoms with E-state index in [1.807, 2.05) is 24.3 Å². The predicted molar refractivity (Wildman–Crippen MR) is 84.9 cm³/mol. The van der Waals surface area contributed by atoms with Gasteiger partial charge >= 0.3 is 0 Å². The molecule has 6 heteroatoms. The summed E-state index contributed by atoms with van der Waals surface area (Å²) in [6.45, 7) is 1.27. The molecule has 2 heterocycles. The molecular weight excluding hydrogens is 306 g/mol. The third kappa shape index (κ3) is 2.27. The molecule has 0 bridgehead atoms. The van der Waals surface area contributed by atoms with Gasteiger partial charge in [0.25, 0.3) is 0 Å². The van der Waals surface area contributed by atoms with Gasteiger partial charge in [0.05, 0.1) is 41.7 Å². The summed E-state index contributed by atoms with van der Waals surface area (Å²) in [6, 6.07) is 12.1. The molecule has 0 amide bonds. The largest absolute Gasteiger partial charge is 0.374 e. The van der Waals surface area contributed by atoms with Gasteiger partial charge in [-0.05, 0) is 23.3 Å². The lowest BCUT2D eigenvalue weighted by Gasteiger charge is -2.27. The molecular formula is C15H12ClN3OS. The Balaban J connectivity index is 1.76. The van der Waals surface area contributed by atoms with E-state index in [0.717, 1.165) is 16.7 Å². The summed E-state index contributed by atoms with van der Waals surface area (Å²) in [5, 5.41) is 4.13.